The molecule has 6 nitrogen and oxygen atoms in total. The lowest BCUT2D eigenvalue weighted by atomic mass is 10.1. The van der Waals surface area contributed by atoms with Crippen molar-refractivity contribution in [2.45, 2.75) is 51.4 Å². The van der Waals surface area contributed by atoms with Gasteiger partial charge in [0, 0.05) is 19.7 Å². The molecule has 1 saturated heterocycles. The van der Waals surface area contributed by atoms with Gasteiger partial charge in [-0.15, -0.1) is 10.2 Å². The molecule has 2 heterocycles. The average molecular weight is 451 g/mol. The molecule has 0 radical (unpaired) electrons. The number of ether oxygens (including phenoxy) is 1. The third-order valence-corrected chi connectivity index (χ3v) is 6.66. The maximum absolute atomic E-state index is 13.3. The van der Waals surface area contributed by atoms with E-state index in [1.54, 1.807) is 0 Å². The lowest BCUT2D eigenvalue weighted by molar-refractivity contribution is -0.130. The van der Waals surface area contributed by atoms with Crippen molar-refractivity contribution in [2.75, 3.05) is 18.9 Å². The van der Waals surface area contributed by atoms with Crippen LogP contribution in [-0.2, 0) is 16.1 Å². The zero-order valence-corrected chi connectivity index (χ0v) is 19.8. The molecule has 168 valence electrons. The highest BCUT2D eigenvalue weighted by Gasteiger charge is 2.24. The van der Waals surface area contributed by atoms with Gasteiger partial charge in [-0.25, -0.2) is 0 Å². The number of benzene rings is 2. The highest BCUT2D eigenvalue weighted by molar-refractivity contribution is 7.99. The van der Waals surface area contributed by atoms with Gasteiger partial charge >= 0.3 is 0 Å². The van der Waals surface area contributed by atoms with Gasteiger partial charge in [0.1, 0.15) is 5.82 Å². The van der Waals surface area contributed by atoms with E-state index >= 15 is 0 Å². The zero-order valence-electron chi connectivity index (χ0n) is 19.0. The number of aromatic nitrogens is 3. The summed E-state index contributed by atoms with van der Waals surface area (Å²) in [6.07, 6.45) is 2.19. The molecule has 4 rings (SSSR count). The Bertz CT molecular complexity index is 1060. The molecule has 1 aliphatic heterocycles. The highest BCUT2D eigenvalue weighted by atomic mass is 32.2. The van der Waals surface area contributed by atoms with E-state index in [-0.39, 0.29) is 12.0 Å². The molecular formula is C25H30N4O2S. The number of hydrogen-bond acceptors (Lipinski definition) is 5. The number of amides is 1. The van der Waals surface area contributed by atoms with Crippen LogP contribution in [0.25, 0.3) is 5.69 Å². The molecule has 1 unspecified atom stereocenters. The Morgan fingerprint density at radius 3 is 2.72 bits per heavy atom. The van der Waals surface area contributed by atoms with Gasteiger partial charge in [-0.3, -0.25) is 9.36 Å². The van der Waals surface area contributed by atoms with Crippen LogP contribution in [0.5, 0.6) is 0 Å². The van der Waals surface area contributed by atoms with Crippen LogP contribution in [-0.4, -0.2) is 50.6 Å². The fourth-order valence-corrected chi connectivity index (χ4v) is 4.88. The summed E-state index contributed by atoms with van der Waals surface area (Å²) in [7, 11) is 0. The highest BCUT2D eigenvalue weighted by Crippen LogP contribution is 2.25. The summed E-state index contributed by atoms with van der Waals surface area (Å²) >= 11 is 1.44. The lowest BCUT2D eigenvalue weighted by Crippen LogP contribution is -2.38. The summed E-state index contributed by atoms with van der Waals surface area (Å²) < 4.78 is 7.86. The molecular weight excluding hydrogens is 420 g/mol. The molecule has 1 atom stereocenters. The third kappa shape index (κ3) is 5.40. The van der Waals surface area contributed by atoms with Gasteiger partial charge in [-0.1, -0.05) is 54.2 Å². The van der Waals surface area contributed by atoms with Gasteiger partial charge < -0.3 is 9.64 Å². The van der Waals surface area contributed by atoms with Crippen molar-refractivity contribution in [3.8, 4) is 5.69 Å². The SMILES string of the molecule is Cc1ccc(C)c(-n2c(C)nnc2SCC(=O)N(Cc2ccccc2)CC2CCCO2)c1. The molecule has 1 aliphatic rings. The Balaban J connectivity index is 1.50. The Labute approximate surface area is 194 Å². The zero-order chi connectivity index (χ0) is 22.5. The number of rotatable bonds is 8. The number of thioether (sulfide) groups is 1. The first kappa shape index (κ1) is 22.6. The topological polar surface area (TPSA) is 60.2 Å². The van der Waals surface area contributed by atoms with Crippen molar-refractivity contribution in [1.29, 1.82) is 0 Å². The number of carbonyl (C=O) groups is 1. The van der Waals surface area contributed by atoms with E-state index in [1.165, 1.54) is 17.3 Å². The van der Waals surface area contributed by atoms with E-state index < -0.39 is 0 Å². The quantitative estimate of drug-likeness (QED) is 0.473. The molecule has 1 aromatic heterocycles. The number of nitrogens with zero attached hydrogens (tertiary/aromatic N) is 4. The van der Waals surface area contributed by atoms with Gasteiger partial charge in [-0.2, -0.15) is 0 Å². The maximum Gasteiger partial charge on any atom is 0.233 e. The van der Waals surface area contributed by atoms with Crippen LogP contribution < -0.4 is 0 Å². The largest absolute Gasteiger partial charge is 0.376 e. The molecule has 7 heteroatoms. The minimum Gasteiger partial charge on any atom is -0.376 e. The van der Waals surface area contributed by atoms with E-state index in [9.17, 15) is 4.79 Å². The lowest BCUT2D eigenvalue weighted by Gasteiger charge is -2.25. The summed E-state index contributed by atoms with van der Waals surface area (Å²) in [5, 5.41) is 9.38. The summed E-state index contributed by atoms with van der Waals surface area (Å²) in [5.74, 6) is 1.21. The van der Waals surface area contributed by atoms with E-state index in [1.807, 2.05) is 34.6 Å². The smallest absolute Gasteiger partial charge is 0.233 e. The predicted octanol–water partition coefficient (Wildman–Crippen LogP) is 4.49. The summed E-state index contributed by atoms with van der Waals surface area (Å²) in [4.78, 5) is 15.2. The molecule has 0 aliphatic carbocycles. The second kappa shape index (κ2) is 10.3. The first-order valence-corrected chi connectivity index (χ1v) is 12.1. The Morgan fingerprint density at radius 1 is 1.16 bits per heavy atom. The first-order valence-electron chi connectivity index (χ1n) is 11.1. The van der Waals surface area contributed by atoms with Crippen molar-refractivity contribution < 1.29 is 9.53 Å². The van der Waals surface area contributed by atoms with Crippen molar-refractivity contribution in [3.63, 3.8) is 0 Å². The fourth-order valence-electron chi connectivity index (χ4n) is 3.98. The van der Waals surface area contributed by atoms with E-state index in [0.717, 1.165) is 47.2 Å². The van der Waals surface area contributed by atoms with Crippen LogP contribution in [0.15, 0.2) is 53.7 Å². The Morgan fingerprint density at radius 2 is 1.97 bits per heavy atom. The second-order valence-corrected chi connectivity index (χ2v) is 9.28. The van der Waals surface area contributed by atoms with Crippen molar-refractivity contribution in [2.24, 2.45) is 0 Å². The predicted molar refractivity (Wildman–Crippen MR) is 127 cm³/mol. The normalized spacial score (nSPS) is 15.8. The van der Waals surface area contributed by atoms with Crippen LogP contribution in [0.2, 0.25) is 0 Å². The second-order valence-electron chi connectivity index (χ2n) is 8.34. The molecule has 0 bridgehead atoms. The summed E-state index contributed by atoms with van der Waals surface area (Å²) in [6.45, 7) is 8.09. The molecule has 1 amide bonds. The number of aryl methyl sites for hydroxylation is 3. The minimum absolute atomic E-state index is 0.0857. The van der Waals surface area contributed by atoms with Gasteiger partial charge in [0.2, 0.25) is 5.91 Å². The third-order valence-electron chi connectivity index (χ3n) is 5.74. The molecule has 2 aromatic carbocycles. The first-order chi connectivity index (χ1) is 15.5. The van der Waals surface area contributed by atoms with E-state index in [4.69, 9.17) is 4.74 Å². The number of hydrogen-bond donors (Lipinski definition) is 0. The van der Waals surface area contributed by atoms with Crippen molar-refractivity contribution >= 4 is 17.7 Å². The van der Waals surface area contributed by atoms with Crippen LogP contribution >= 0.6 is 11.8 Å². The van der Waals surface area contributed by atoms with Gasteiger partial charge in [-0.05, 0) is 56.4 Å². The van der Waals surface area contributed by atoms with E-state index in [0.29, 0.717) is 18.8 Å². The minimum atomic E-state index is 0.0857. The monoisotopic (exact) mass is 450 g/mol. The van der Waals surface area contributed by atoms with Crippen molar-refractivity contribution in [3.05, 3.63) is 71.0 Å². The molecule has 1 fully saturated rings. The van der Waals surface area contributed by atoms with Crippen LogP contribution in [0.4, 0.5) is 0 Å². The molecule has 3 aromatic rings. The molecule has 0 saturated carbocycles. The maximum atomic E-state index is 13.3. The summed E-state index contributed by atoms with van der Waals surface area (Å²) in [5.41, 5.74) is 4.51. The van der Waals surface area contributed by atoms with Gasteiger partial charge in [0.05, 0.1) is 17.5 Å². The average Bonchev–Trinajstić information content (AvgIpc) is 3.43. The molecule has 0 spiro atoms. The Kier molecular flexibility index (Phi) is 7.27. The van der Waals surface area contributed by atoms with E-state index in [2.05, 4.69) is 54.4 Å². The summed E-state index contributed by atoms with van der Waals surface area (Å²) in [6, 6.07) is 16.5. The molecule has 32 heavy (non-hydrogen) atoms. The number of carbonyl (C=O) groups excluding carboxylic acids is 1. The fraction of sp³-hybridized carbons (Fsp3) is 0.400. The van der Waals surface area contributed by atoms with Crippen LogP contribution in [0, 0.1) is 20.8 Å². The van der Waals surface area contributed by atoms with Crippen molar-refractivity contribution in [1.82, 2.24) is 19.7 Å². The Hall–Kier alpha value is -2.64. The van der Waals surface area contributed by atoms with Crippen LogP contribution in [0.3, 0.4) is 0 Å². The van der Waals surface area contributed by atoms with Crippen LogP contribution in [0.1, 0.15) is 35.4 Å². The molecule has 0 N–H and O–H groups in total. The van der Waals surface area contributed by atoms with Gasteiger partial charge in [0.25, 0.3) is 0 Å². The van der Waals surface area contributed by atoms with Gasteiger partial charge in [0.15, 0.2) is 5.16 Å². The standard InChI is InChI=1S/C25H30N4O2S/c1-18-11-12-19(2)23(14-18)29-20(3)26-27-25(29)32-17-24(30)28(16-22-10-7-13-31-22)15-21-8-5-4-6-9-21/h4-6,8-9,11-12,14,22H,7,10,13,15-17H2,1-3H3.